The van der Waals surface area contributed by atoms with Gasteiger partial charge in [0.25, 0.3) is 0 Å². The third-order valence-electron chi connectivity index (χ3n) is 3.57. The number of carbonyl (C=O) groups is 1. The Hall–Kier alpha value is -0.820. The van der Waals surface area contributed by atoms with Crippen LogP contribution in [0.15, 0.2) is 28.6 Å². The van der Waals surface area contributed by atoms with Crippen molar-refractivity contribution in [2.45, 2.75) is 10.8 Å². The van der Waals surface area contributed by atoms with Gasteiger partial charge in [0.15, 0.2) is 4.34 Å². The first kappa shape index (κ1) is 16.5. The van der Waals surface area contributed by atoms with Crippen LogP contribution in [0.1, 0.15) is 6.42 Å². The molecule has 1 aliphatic heterocycles. The van der Waals surface area contributed by atoms with Crippen molar-refractivity contribution in [3.8, 4) is 0 Å². The molecule has 1 fully saturated rings. The molecule has 1 aromatic carbocycles. The number of benzene rings is 1. The van der Waals surface area contributed by atoms with E-state index < -0.39 is 0 Å². The minimum atomic E-state index is 0. The van der Waals surface area contributed by atoms with Gasteiger partial charge in [-0.1, -0.05) is 23.9 Å². The van der Waals surface area contributed by atoms with E-state index in [2.05, 4.69) is 11.1 Å². The smallest absolute Gasteiger partial charge is 0.233 e. The molecular formula is C14H18ClN3OS2. The number of thioether (sulfide) groups is 1. The van der Waals surface area contributed by atoms with Crippen LogP contribution in [-0.2, 0) is 4.79 Å². The van der Waals surface area contributed by atoms with Crippen molar-refractivity contribution in [3.63, 3.8) is 0 Å². The van der Waals surface area contributed by atoms with Gasteiger partial charge in [-0.3, -0.25) is 4.79 Å². The summed E-state index contributed by atoms with van der Waals surface area (Å²) in [6.45, 7) is 2.34. The van der Waals surface area contributed by atoms with E-state index in [0.717, 1.165) is 29.4 Å². The Labute approximate surface area is 138 Å². The Balaban J connectivity index is 0.00000161. The maximum Gasteiger partial charge on any atom is 0.233 e. The van der Waals surface area contributed by atoms with E-state index in [0.29, 0.717) is 18.2 Å². The fourth-order valence-electron chi connectivity index (χ4n) is 2.38. The lowest BCUT2D eigenvalue weighted by Gasteiger charge is -2.15. The number of para-hydroxylation sites is 1. The number of likely N-dealkylation sites (tertiary alicyclic amines) is 1. The fraction of sp³-hybridized carbons (Fsp3) is 0.429. The molecule has 114 valence electrons. The molecule has 21 heavy (non-hydrogen) atoms. The summed E-state index contributed by atoms with van der Waals surface area (Å²) < 4.78 is 2.14. The predicted molar refractivity (Wildman–Crippen MR) is 91.3 cm³/mol. The highest BCUT2D eigenvalue weighted by molar-refractivity contribution is 8.01. The summed E-state index contributed by atoms with van der Waals surface area (Å²) in [6.07, 6.45) is 1.04. The third-order valence-corrected chi connectivity index (χ3v) is 5.73. The molecule has 1 amide bonds. The Bertz CT molecular complexity index is 586. The molecule has 2 aromatic rings. The summed E-state index contributed by atoms with van der Waals surface area (Å²) in [7, 11) is 0. The minimum absolute atomic E-state index is 0. The molecule has 1 aliphatic rings. The van der Waals surface area contributed by atoms with Crippen molar-refractivity contribution < 1.29 is 4.79 Å². The minimum Gasteiger partial charge on any atom is -0.342 e. The maximum atomic E-state index is 12.1. The molecule has 2 N–H and O–H groups in total. The first-order valence-electron chi connectivity index (χ1n) is 6.72. The Morgan fingerprint density at radius 2 is 2.29 bits per heavy atom. The summed E-state index contributed by atoms with van der Waals surface area (Å²) >= 11 is 3.18. The topological polar surface area (TPSA) is 59.2 Å². The van der Waals surface area contributed by atoms with Gasteiger partial charge in [0.1, 0.15) is 0 Å². The second kappa shape index (κ2) is 7.45. The average molecular weight is 344 g/mol. The number of amides is 1. The van der Waals surface area contributed by atoms with Gasteiger partial charge in [-0.05, 0) is 31.0 Å². The molecule has 0 radical (unpaired) electrons. The van der Waals surface area contributed by atoms with E-state index in [-0.39, 0.29) is 18.3 Å². The molecule has 1 unspecified atom stereocenters. The normalized spacial score (nSPS) is 18.0. The van der Waals surface area contributed by atoms with Crippen LogP contribution < -0.4 is 5.73 Å². The van der Waals surface area contributed by atoms with Crippen LogP contribution in [0, 0.1) is 5.92 Å². The highest BCUT2D eigenvalue weighted by atomic mass is 35.5. The number of carbonyl (C=O) groups excluding carboxylic acids is 1. The zero-order chi connectivity index (χ0) is 13.9. The van der Waals surface area contributed by atoms with E-state index in [1.807, 2.05) is 23.1 Å². The van der Waals surface area contributed by atoms with Crippen LogP contribution in [0.3, 0.4) is 0 Å². The second-order valence-electron chi connectivity index (χ2n) is 4.97. The summed E-state index contributed by atoms with van der Waals surface area (Å²) in [4.78, 5) is 18.6. The molecule has 1 atom stereocenters. The molecule has 3 rings (SSSR count). The SMILES string of the molecule is Cl.NCC1CCN(C(=O)CSc2nc3ccccc3s2)C1. The van der Waals surface area contributed by atoms with Crippen molar-refractivity contribution in [1.82, 2.24) is 9.88 Å². The number of hydrogen-bond acceptors (Lipinski definition) is 5. The summed E-state index contributed by atoms with van der Waals surface area (Å²) in [5.41, 5.74) is 6.66. The summed E-state index contributed by atoms with van der Waals surface area (Å²) in [5, 5.41) is 0. The van der Waals surface area contributed by atoms with Crippen LogP contribution in [0.5, 0.6) is 0 Å². The fourth-order valence-corrected chi connectivity index (χ4v) is 4.35. The molecule has 2 heterocycles. The lowest BCUT2D eigenvalue weighted by molar-refractivity contribution is -0.127. The van der Waals surface area contributed by atoms with E-state index >= 15 is 0 Å². The van der Waals surface area contributed by atoms with Gasteiger partial charge in [0.2, 0.25) is 5.91 Å². The van der Waals surface area contributed by atoms with Gasteiger partial charge in [-0.2, -0.15) is 0 Å². The van der Waals surface area contributed by atoms with E-state index in [4.69, 9.17) is 5.73 Å². The maximum absolute atomic E-state index is 12.1. The molecule has 1 saturated heterocycles. The van der Waals surface area contributed by atoms with Crippen molar-refractivity contribution in [1.29, 1.82) is 0 Å². The van der Waals surface area contributed by atoms with Crippen molar-refractivity contribution in [2.75, 3.05) is 25.4 Å². The van der Waals surface area contributed by atoms with Gasteiger partial charge >= 0.3 is 0 Å². The standard InChI is InChI=1S/C14H17N3OS2.ClH/c15-7-10-5-6-17(8-10)13(18)9-19-14-16-11-3-1-2-4-12(11)20-14;/h1-4,10H,5-9,15H2;1H. The van der Waals surface area contributed by atoms with Gasteiger partial charge in [-0.25, -0.2) is 4.98 Å². The predicted octanol–water partition coefficient (Wildman–Crippen LogP) is 2.62. The quantitative estimate of drug-likeness (QED) is 0.867. The highest BCUT2D eigenvalue weighted by Crippen LogP contribution is 2.29. The van der Waals surface area contributed by atoms with Gasteiger partial charge < -0.3 is 10.6 Å². The Morgan fingerprint density at radius 3 is 3.00 bits per heavy atom. The molecule has 1 aromatic heterocycles. The molecule has 0 spiro atoms. The largest absolute Gasteiger partial charge is 0.342 e. The van der Waals surface area contributed by atoms with Gasteiger partial charge in [-0.15, -0.1) is 23.7 Å². The summed E-state index contributed by atoms with van der Waals surface area (Å²) in [5.74, 6) is 1.15. The van der Waals surface area contributed by atoms with Crippen molar-refractivity contribution in [2.24, 2.45) is 11.7 Å². The van der Waals surface area contributed by atoms with E-state index in [1.165, 1.54) is 16.5 Å². The van der Waals surface area contributed by atoms with Crippen LogP contribution >= 0.6 is 35.5 Å². The van der Waals surface area contributed by atoms with E-state index in [9.17, 15) is 4.79 Å². The lowest BCUT2D eigenvalue weighted by atomic mass is 10.1. The molecule has 4 nitrogen and oxygen atoms in total. The molecule has 0 bridgehead atoms. The van der Waals surface area contributed by atoms with Crippen molar-refractivity contribution in [3.05, 3.63) is 24.3 Å². The van der Waals surface area contributed by atoms with Gasteiger partial charge in [0, 0.05) is 13.1 Å². The second-order valence-corrected chi connectivity index (χ2v) is 7.22. The molecule has 0 saturated carbocycles. The lowest BCUT2D eigenvalue weighted by Crippen LogP contribution is -2.31. The number of nitrogens with zero attached hydrogens (tertiary/aromatic N) is 2. The Kier molecular flexibility index (Phi) is 5.87. The molecular weight excluding hydrogens is 326 g/mol. The van der Waals surface area contributed by atoms with Crippen LogP contribution in [-0.4, -0.2) is 41.2 Å². The van der Waals surface area contributed by atoms with E-state index in [1.54, 1.807) is 11.3 Å². The number of rotatable bonds is 4. The van der Waals surface area contributed by atoms with Crippen LogP contribution in [0.25, 0.3) is 10.2 Å². The average Bonchev–Trinajstić information content (AvgIpc) is 3.10. The molecule has 7 heteroatoms. The number of aromatic nitrogens is 1. The zero-order valence-electron chi connectivity index (χ0n) is 11.5. The highest BCUT2D eigenvalue weighted by Gasteiger charge is 2.25. The molecule has 0 aliphatic carbocycles. The van der Waals surface area contributed by atoms with Crippen LogP contribution in [0.4, 0.5) is 0 Å². The number of nitrogens with two attached hydrogens (primary N) is 1. The number of hydrogen-bond donors (Lipinski definition) is 1. The number of halogens is 1. The van der Waals surface area contributed by atoms with Gasteiger partial charge in [0.05, 0.1) is 16.0 Å². The number of fused-ring (bicyclic) bond motifs is 1. The summed E-state index contributed by atoms with van der Waals surface area (Å²) in [6, 6.07) is 8.06. The zero-order valence-corrected chi connectivity index (χ0v) is 14.0. The monoisotopic (exact) mass is 343 g/mol. The number of thiazole rings is 1. The Morgan fingerprint density at radius 1 is 1.48 bits per heavy atom. The first-order chi connectivity index (χ1) is 9.76. The van der Waals surface area contributed by atoms with Crippen molar-refractivity contribution >= 4 is 51.6 Å². The van der Waals surface area contributed by atoms with Crippen LogP contribution in [0.2, 0.25) is 0 Å². The third kappa shape index (κ3) is 3.88. The first-order valence-corrected chi connectivity index (χ1v) is 8.52.